The van der Waals surface area contributed by atoms with Crippen LogP contribution in [0.25, 0.3) is 0 Å². The minimum absolute atomic E-state index is 0. The van der Waals surface area contributed by atoms with E-state index in [-0.39, 0.29) is 115 Å². The standard InChI is InChI=1S/C26H27FN4O5.C13H15BrFNO.C13H13N3O4.4H2S/c1-15-3-4-16-11-19(27)6-5-18(16)13-30(15)22(32)14-31-23(33)26(36-25(31)35)10-9-17-12-20(7-8-21(17)26)29-24(34)28-2;1-9-2-3-10-6-12(15)5-4-11(10)8-16(9)13(17)7-14;1-14-11(18)15-8-2-3-9-7(6-8)4-5-13(9)10(17)16-12(19)20-13;;;;/h5-8,11-12,15H,3-4,9-10,13-14H2,1-2H3,(H2,28,29,34);4-6,9H,2-3,7-8H2,1H3;2-3,6H,4-5H2,1H3,(H2,14,15,18)(H,16,17,19);4*1H2/t15-,26-;9-;13-;;;;/m000..../s1. The summed E-state index contributed by atoms with van der Waals surface area (Å²) in [5.74, 6) is -1.77. The summed E-state index contributed by atoms with van der Waals surface area (Å²) in [5, 5.41) is 12.8. The Morgan fingerprint density at radius 2 is 1.09 bits per heavy atom. The number of alkyl carbamates (subject to hydrolysis) is 1. The maximum atomic E-state index is 13.7. The van der Waals surface area contributed by atoms with Crippen molar-refractivity contribution in [3.8, 4) is 0 Å². The van der Waals surface area contributed by atoms with Gasteiger partial charge in [0, 0.05) is 74.6 Å². The van der Waals surface area contributed by atoms with Gasteiger partial charge in [0.05, 0.1) is 5.33 Å². The summed E-state index contributed by atoms with van der Waals surface area (Å²) in [6, 6.07) is 19.0. The lowest BCUT2D eigenvalue weighted by atomic mass is 9.94. The molecule has 4 aromatic carbocycles. The number of amides is 10. The largest absolute Gasteiger partial charge is 0.427 e. The van der Waals surface area contributed by atoms with Gasteiger partial charge in [0.1, 0.15) is 18.2 Å². The van der Waals surface area contributed by atoms with Crippen molar-refractivity contribution in [3.05, 3.63) is 129 Å². The summed E-state index contributed by atoms with van der Waals surface area (Å²) in [7, 11) is 3.04. The lowest BCUT2D eigenvalue weighted by molar-refractivity contribution is -0.143. The molecular formula is C52H63BrF2N8O10S4. The fourth-order valence-electron chi connectivity index (χ4n) is 10.3. The van der Waals surface area contributed by atoms with E-state index in [0.29, 0.717) is 66.5 Å². The molecule has 4 aromatic rings. The lowest BCUT2D eigenvalue weighted by Crippen LogP contribution is -2.46. The summed E-state index contributed by atoms with van der Waals surface area (Å²) < 4.78 is 37.7. The first-order chi connectivity index (χ1) is 34.9. The zero-order valence-electron chi connectivity index (χ0n) is 42.6. The number of benzene rings is 4. The Morgan fingerprint density at radius 3 is 1.55 bits per heavy atom. The Balaban J connectivity index is 0.000000266. The Kier molecular flexibility index (Phi) is 21.9. The van der Waals surface area contributed by atoms with Crippen molar-refractivity contribution in [1.29, 1.82) is 0 Å². The second kappa shape index (κ2) is 26.6. The molecule has 4 heterocycles. The summed E-state index contributed by atoms with van der Waals surface area (Å²) in [6.07, 6.45) is 3.21. The molecule has 2 aliphatic carbocycles. The van der Waals surface area contributed by atoms with Gasteiger partial charge in [0.15, 0.2) is 0 Å². The van der Waals surface area contributed by atoms with E-state index in [1.54, 1.807) is 59.5 Å². The van der Waals surface area contributed by atoms with E-state index >= 15 is 0 Å². The normalized spacial score (nSPS) is 21.0. The van der Waals surface area contributed by atoms with Crippen molar-refractivity contribution in [3.63, 3.8) is 0 Å². The number of halogens is 3. The monoisotopic (exact) mass is 1200 g/mol. The molecule has 10 amide bonds. The summed E-state index contributed by atoms with van der Waals surface area (Å²) in [4.78, 5) is 102. The summed E-state index contributed by atoms with van der Waals surface area (Å²) in [5.41, 5.74) is 5.27. The maximum absolute atomic E-state index is 13.7. The predicted octanol–water partition coefficient (Wildman–Crippen LogP) is 7.24. The highest BCUT2D eigenvalue weighted by Gasteiger charge is 2.59. The number of ether oxygens (including phenoxy) is 2. The molecular weight excluding hydrogens is 1140 g/mol. The van der Waals surface area contributed by atoms with Crippen LogP contribution in [0.2, 0.25) is 0 Å². The first kappa shape index (κ1) is 63.5. The molecule has 2 fully saturated rings. The van der Waals surface area contributed by atoms with E-state index < -0.39 is 41.7 Å². The molecule has 6 aliphatic rings. The number of nitrogens with one attached hydrogen (secondary N) is 5. The van der Waals surface area contributed by atoms with E-state index in [2.05, 4.69) is 42.5 Å². The van der Waals surface area contributed by atoms with Gasteiger partial charge in [-0.3, -0.25) is 24.5 Å². The van der Waals surface area contributed by atoms with Gasteiger partial charge in [-0.15, -0.1) is 0 Å². The Labute approximate surface area is 480 Å². The van der Waals surface area contributed by atoms with Crippen LogP contribution in [0.3, 0.4) is 0 Å². The van der Waals surface area contributed by atoms with E-state index in [1.165, 1.54) is 32.3 Å². The second-order valence-corrected chi connectivity index (χ2v) is 19.2. The number of rotatable bonds is 5. The van der Waals surface area contributed by atoms with Crippen LogP contribution in [0.1, 0.15) is 84.0 Å². The highest BCUT2D eigenvalue weighted by atomic mass is 79.9. The number of anilines is 2. The molecule has 0 bridgehead atoms. The minimum atomic E-state index is -1.47. The van der Waals surface area contributed by atoms with E-state index in [4.69, 9.17) is 9.47 Å². The number of aryl methyl sites for hydroxylation is 4. The lowest BCUT2D eigenvalue weighted by Gasteiger charge is -2.28. The van der Waals surface area contributed by atoms with Crippen molar-refractivity contribution in [1.82, 2.24) is 30.7 Å². The minimum Gasteiger partial charge on any atom is -0.427 e. The number of alkyl halides is 1. The third kappa shape index (κ3) is 13.3. The average Bonchev–Trinajstić information content (AvgIpc) is 4.01. The van der Waals surface area contributed by atoms with Crippen LogP contribution in [-0.4, -0.2) is 101 Å². The van der Waals surface area contributed by atoms with Gasteiger partial charge in [-0.2, -0.15) is 54.0 Å². The van der Waals surface area contributed by atoms with Crippen LogP contribution >= 0.6 is 69.9 Å². The first-order valence-electron chi connectivity index (χ1n) is 23.9. The molecule has 0 radical (unpaired) electrons. The number of carbonyl (C=O) groups is 8. The molecule has 25 heteroatoms. The fraction of sp³-hybridized carbons (Fsp3) is 0.385. The second-order valence-electron chi connectivity index (χ2n) is 18.7. The number of carbonyl (C=O) groups excluding carboxylic acids is 8. The topological polar surface area (TPSA) is 225 Å². The van der Waals surface area contributed by atoms with E-state index in [9.17, 15) is 47.1 Å². The van der Waals surface area contributed by atoms with Gasteiger partial charge in [0.25, 0.3) is 11.8 Å². The molecule has 0 saturated carbocycles. The molecule has 2 spiro atoms. The van der Waals surface area contributed by atoms with Crippen LogP contribution in [0.5, 0.6) is 0 Å². The quantitative estimate of drug-likeness (QED) is 0.126. The molecule has 77 heavy (non-hydrogen) atoms. The van der Waals surface area contributed by atoms with Crippen LogP contribution in [0, 0.1) is 11.6 Å². The zero-order chi connectivity index (χ0) is 52.4. The Hall–Kier alpha value is -6.02. The molecule has 2 saturated heterocycles. The predicted molar refractivity (Wildman–Crippen MR) is 307 cm³/mol. The van der Waals surface area contributed by atoms with Gasteiger partial charge in [-0.25, -0.2) is 32.9 Å². The van der Waals surface area contributed by atoms with Gasteiger partial charge in [0.2, 0.25) is 23.0 Å². The smallest absolute Gasteiger partial charge is 0.418 e. The van der Waals surface area contributed by atoms with Crippen molar-refractivity contribution in [2.45, 2.75) is 102 Å². The highest BCUT2D eigenvalue weighted by molar-refractivity contribution is 9.09. The van der Waals surface area contributed by atoms with Gasteiger partial charge in [-0.1, -0.05) is 40.2 Å². The molecule has 18 nitrogen and oxygen atoms in total. The number of imide groups is 2. The highest BCUT2D eigenvalue weighted by Crippen LogP contribution is 2.46. The summed E-state index contributed by atoms with van der Waals surface area (Å²) >= 11 is 3.20. The number of nitrogens with zero attached hydrogens (tertiary/aromatic N) is 3. The number of hydrogen-bond donors (Lipinski definition) is 5. The summed E-state index contributed by atoms with van der Waals surface area (Å²) in [6.45, 7) is 4.39. The number of urea groups is 2. The SMILES string of the molecule is CNC(=O)Nc1ccc2c(c1)CC[C@]21OC(=O)N(CC(=O)N2Cc3ccc(F)cc3CC[C@@H]2C)C1=O.CNC(=O)Nc1ccc2c(c1)CC[C@]21OC(=O)NC1=O.C[C@H]1CCc2cc(F)ccc2CN1C(=O)CBr.S.S.S.S. The Bertz CT molecular complexity index is 2950. The molecule has 0 unspecified atom stereocenters. The van der Waals surface area contributed by atoms with Crippen LogP contribution in [-0.2, 0) is 78.6 Å². The number of hydrogen-bond acceptors (Lipinski definition) is 10. The molecule has 0 aromatic heterocycles. The third-order valence-corrected chi connectivity index (χ3v) is 14.7. The first-order valence-corrected chi connectivity index (χ1v) is 25.0. The molecule has 4 aliphatic heterocycles. The van der Waals surface area contributed by atoms with Gasteiger partial charge < -0.3 is 40.5 Å². The van der Waals surface area contributed by atoms with E-state index in [0.717, 1.165) is 51.1 Å². The van der Waals surface area contributed by atoms with Crippen molar-refractivity contribution in [2.75, 3.05) is 36.6 Å². The van der Waals surface area contributed by atoms with Crippen LogP contribution < -0.4 is 26.6 Å². The molecule has 10 rings (SSSR count). The average molecular weight is 1210 g/mol. The zero-order valence-corrected chi connectivity index (χ0v) is 48.2. The maximum Gasteiger partial charge on any atom is 0.418 e. The molecule has 4 atom stereocenters. The molecule has 416 valence electrons. The van der Waals surface area contributed by atoms with Gasteiger partial charge in [-0.05, 0) is 134 Å². The third-order valence-electron chi connectivity index (χ3n) is 14.3. The fourth-order valence-corrected chi connectivity index (χ4v) is 10.6. The van der Waals surface area contributed by atoms with Crippen molar-refractivity contribution in [2.24, 2.45) is 0 Å². The van der Waals surface area contributed by atoms with E-state index in [1.807, 2.05) is 18.7 Å². The number of fused-ring (bicyclic) bond motifs is 6. The van der Waals surface area contributed by atoms with Gasteiger partial charge >= 0.3 is 24.2 Å². The molecule has 5 N–H and O–H groups in total. The van der Waals surface area contributed by atoms with Crippen molar-refractivity contribution < 1.29 is 56.6 Å². The van der Waals surface area contributed by atoms with Crippen molar-refractivity contribution >= 4 is 129 Å². The Morgan fingerprint density at radius 1 is 0.623 bits per heavy atom. The van der Waals surface area contributed by atoms with Crippen LogP contribution in [0.15, 0.2) is 72.8 Å². The van der Waals surface area contributed by atoms with Crippen LogP contribution in [0.4, 0.5) is 39.3 Å².